The van der Waals surface area contributed by atoms with E-state index in [1.807, 2.05) is 0 Å². The highest BCUT2D eigenvalue weighted by Crippen LogP contribution is 2.45. The van der Waals surface area contributed by atoms with Gasteiger partial charge in [-0.1, -0.05) is 57.4 Å². The van der Waals surface area contributed by atoms with Crippen LogP contribution in [0.1, 0.15) is 95.1 Å². The van der Waals surface area contributed by atoms with Crippen molar-refractivity contribution in [3.05, 3.63) is 35.4 Å². The van der Waals surface area contributed by atoms with Gasteiger partial charge in [-0.05, 0) is 86.2 Å². The maximum absolute atomic E-state index is 2.41. The number of aryl methyl sites for hydroxylation is 1. The minimum atomic E-state index is 0.844. The molecular weight excluding hydrogens is 276 g/mol. The van der Waals surface area contributed by atoms with Crippen LogP contribution >= 0.6 is 0 Å². The molecule has 3 rings (SSSR count). The van der Waals surface area contributed by atoms with Gasteiger partial charge in [0.05, 0.1) is 0 Å². The molecule has 0 bridgehead atoms. The lowest BCUT2D eigenvalue weighted by Gasteiger charge is -2.39. The van der Waals surface area contributed by atoms with E-state index in [9.17, 15) is 0 Å². The van der Waals surface area contributed by atoms with Crippen molar-refractivity contribution >= 4 is 0 Å². The average Bonchev–Trinajstić information content (AvgIpc) is 2.55. The van der Waals surface area contributed by atoms with E-state index in [2.05, 4.69) is 38.1 Å². The number of hydrogen-bond acceptors (Lipinski definition) is 0. The topological polar surface area (TPSA) is 0 Å². The molecule has 2 saturated carbocycles. The Kier molecular flexibility index (Phi) is 6.20. The fourth-order valence-electron chi connectivity index (χ4n) is 5.16. The zero-order valence-corrected chi connectivity index (χ0v) is 15.4. The van der Waals surface area contributed by atoms with E-state index in [-0.39, 0.29) is 0 Å². The van der Waals surface area contributed by atoms with E-state index in [0.717, 1.165) is 23.7 Å². The Balaban J connectivity index is 1.40. The summed E-state index contributed by atoms with van der Waals surface area (Å²) in [6.07, 6.45) is 15.8. The molecule has 2 aliphatic carbocycles. The van der Waals surface area contributed by atoms with Crippen molar-refractivity contribution in [2.24, 2.45) is 17.8 Å². The second-order valence-corrected chi connectivity index (χ2v) is 8.44. The van der Waals surface area contributed by atoms with Crippen LogP contribution in [0.3, 0.4) is 0 Å². The van der Waals surface area contributed by atoms with Crippen LogP contribution in [-0.4, -0.2) is 0 Å². The Morgan fingerprint density at radius 2 is 1.48 bits per heavy atom. The summed E-state index contributed by atoms with van der Waals surface area (Å²) in [7, 11) is 0. The van der Waals surface area contributed by atoms with Gasteiger partial charge >= 0.3 is 0 Å². The van der Waals surface area contributed by atoms with Crippen LogP contribution in [-0.2, 0) is 6.42 Å². The molecule has 0 spiro atoms. The van der Waals surface area contributed by atoms with Crippen LogP contribution in [0.25, 0.3) is 0 Å². The van der Waals surface area contributed by atoms with Crippen LogP contribution < -0.4 is 0 Å². The Morgan fingerprint density at radius 3 is 2.09 bits per heavy atom. The molecule has 0 heteroatoms. The lowest BCUT2D eigenvalue weighted by Crippen LogP contribution is -2.27. The van der Waals surface area contributed by atoms with Crippen LogP contribution in [0.4, 0.5) is 0 Å². The molecular formula is C23H36. The molecule has 0 atom stereocenters. The highest BCUT2D eigenvalue weighted by molar-refractivity contribution is 5.25. The van der Waals surface area contributed by atoms with Crippen molar-refractivity contribution in [1.82, 2.24) is 0 Å². The first-order valence-electron chi connectivity index (χ1n) is 10.4. The third-order valence-electron chi connectivity index (χ3n) is 6.53. The molecule has 0 saturated heterocycles. The Labute approximate surface area is 144 Å². The van der Waals surface area contributed by atoms with E-state index in [4.69, 9.17) is 0 Å². The summed E-state index contributed by atoms with van der Waals surface area (Å²) >= 11 is 0. The minimum Gasteiger partial charge on any atom is -0.0654 e. The number of rotatable bonds is 7. The maximum atomic E-state index is 2.41. The molecule has 128 valence electrons. The SMILES string of the molecule is CCCc1ccc(C2CCC(CC3CC(CCC)C3)CC2)cc1. The minimum absolute atomic E-state index is 0.844. The average molecular weight is 313 g/mol. The van der Waals surface area contributed by atoms with Crippen molar-refractivity contribution in [1.29, 1.82) is 0 Å². The van der Waals surface area contributed by atoms with Gasteiger partial charge in [-0.15, -0.1) is 0 Å². The lowest BCUT2D eigenvalue weighted by molar-refractivity contribution is 0.133. The van der Waals surface area contributed by atoms with E-state index < -0.39 is 0 Å². The van der Waals surface area contributed by atoms with Gasteiger partial charge in [-0.3, -0.25) is 0 Å². The smallest absolute Gasteiger partial charge is 0.0162 e. The summed E-state index contributed by atoms with van der Waals surface area (Å²) in [6, 6.07) is 9.56. The van der Waals surface area contributed by atoms with Gasteiger partial charge < -0.3 is 0 Å². The zero-order valence-electron chi connectivity index (χ0n) is 15.4. The molecule has 0 N–H and O–H groups in total. The first kappa shape index (κ1) is 17.1. The molecule has 0 unspecified atom stereocenters. The predicted molar refractivity (Wildman–Crippen MR) is 101 cm³/mol. The van der Waals surface area contributed by atoms with Crippen molar-refractivity contribution < 1.29 is 0 Å². The summed E-state index contributed by atoms with van der Waals surface area (Å²) < 4.78 is 0. The van der Waals surface area contributed by atoms with Gasteiger partial charge in [-0.2, -0.15) is 0 Å². The highest BCUT2D eigenvalue weighted by atomic mass is 14.4. The van der Waals surface area contributed by atoms with Crippen molar-refractivity contribution in [3.8, 4) is 0 Å². The quantitative estimate of drug-likeness (QED) is 0.502. The molecule has 0 aliphatic heterocycles. The van der Waals surface area contributed by atoms with Gasteiger partial charge in [0.1, 0.15) is 0 Å². The third kappa shape index (κ3) is 4.61. The van der Waals surface area contributed by atoms with Crippen molar-refractivity contribution in [3.63, 3.8) is 0 Å². The molecule has 23 heavy (non-hydrogen) atoms. The summed E-state index contributed by atoms with van der Waals surface area (Å²) in [6.45, 7) is 4.60. The summed E-state index contributed by atoms with van der Waals surface area (Å²) in [5.74, 6) is 4.05. The monoisotopic (exact) mass is 312 g/mol. The predicted octanol–water partition coefficient (Wildman–Crippen LogP) is 7.13. The van der Waals surface area contributed by atoms with E-state index in [0.29, 0.717) is 0 Å². The van der Waals surface area contributed by atoms with Gasteiger partial charge in [-0.25, -0.2) is 0 Å². The van der Waals surface area contributed by atoms with Crippen molar-refractivity contribution in [2.45, 2.75) is 90.4 Å². The molecule has 2 fully saturated rings. The van der Waals surface area contributed by atoms with Gasteiger partial charge in [0.2, 0.25) is 0 Å². The largest absolute Gasteiger partial charge is 0.0654 e. The fraction of sp³-hybridized carbons (Fsp3) is 0.739. The molecule has 2 aliphatic rings. The standard InChI is InChI=1S/C23H36/c1-3-5-18-7-11-22(12-8-18)23-13-9-19(10-14-23)15-21-16-20(17-21)6-4-2/h7-8,11-12,19-21,23H,3-6,9-10,13-17H2,1-2H3. The van der Waals surface area contributed by atoms with Gasteiger partial charge in [0, 0.05) is 0 Å². The second-order valence-electron chi connectivity index (χ2n) is 8.44. The normalized spacial score (nSPS) is 30.9. The van der Waals surface area contributed by atoms with Gasteiger partial charge in [0.15, 0.2) is 0 Å². The molecule has 0 amide bonds. The van der Waals surface area contributed by atoms with E-state index in [1.54, 1.807) is 24.8 Å². The van der Waals surface area contributed by atoms with Crippen LogP contribution in [0.5, 0.6) is 0 Å². The third-order valence-corrected chi connectivity index (χ3v) is 6.53. The number of hydrogen-bond donors (Lipinski definition) is 0. The molecule has 1 aromatic carbocycles. The summed E-state index contributed by atoms with van der Waals surface area (Å²) in [5, 5.41) is 0. The zero-order chi connectivity index (χ0) is 16.1. The summed E-state index contributed by atoms with van der Waals surface area (Å²) in [5.41, 5.74) is 3.12. The van der Waals surface area contributed by atoms with Crippen LogP contribution in [0.2, 0.25) is 0 Å². The lowest BCUT2D eigenvalue weighted by atomic mass is 9.67. The van der Waals surface area contributed by atoms with Crippen LogP contribution in [0, 0.1) is 17.8 Å². The molecule has 0 heterocycles. The molecule has 0 nitrogen and oxygen atoms in total. The molecule has 0 aromatic heterocycles. The Hall–Kier alpha value is -0.780. The first-order valence-corrected chi connectivity index (χ1v) is 10.4. The van der Waals surface area contributed by atoms with Crippen molar-refractivity contribution in [2.75, 3.05) is 0 Å². The number of benzene rings is 1. The molecule has 0 radical (unpaired) electrons. The second kappa shape index (κ2) is 8.36. The Morgan fingerprint density at radius 1 is 0.783 bits per heavy atom. The Bertz CT molecular complexity index is 443. The van der Waals surface area contributed by atoms with Crippen LogP contribution in [0.15, 0.2) is 24.3 Å². The summed E-state index contributed by atoms with van der Waals surface area (Å²) in [4.78, 5) is 0. The fourth-order valence-corrected chi connectivity index (χ4v) is 5.16. The highest BCUT2D eigenvalue weighted by Gasteiger charge is 2.31. The van der Waals surface area contributed by atoms with E-state index >= 15 is 0 Å². The van der Waals surface area contributed by atoms with Gasteiger partial charge in [0.25, 0.3) is 0 Å². The molecule has 1 aromatic rings. The maximum Gasteiger partial charge on any atom is -0.0162 e. The van der Waals surface area contributed by atoms with E-state index in [1.165, 1.54) is 56.9 Å². The first-order chi connectivity index (χ1) is 11.3.